The number of aliphatic imine (C=N–C) groups is 1. The number of pyridine rings is 1. The number of benzene rings is 1. The van der Waals surface area contributed by atoms with Crippen LogP contribution in [-0.2, 0) is 28.5 Å². The van der Waals surface area contributed by atoms with E-state index in [0.29, 0.717) is 5.75 Å². The van der Waals surface area contributed by atoms with Crippen molar-refractivity contribution < 1.29 is 84.0 Å². The van der Waals surface area contributed by atoms with Gasteiger partial charge in [-0.25, -0.2) is 14.6 Å². The number of carboxylic acid groups (broad SMARTS) is 2. The van der Waals surface area contributed by atoms with Crippen molar-refractivity contribution in [3.8, 4) is 5.75 Å². The van der Waals surface area contributed by atoms with Gasteiger partial charge in [-0.05, 0) is 64.1 Å². The number of ether oxygens (including phenoxy) is 5. The third-order valence-corrected chi connectivity index (χ3v) is 12.1. The number of likely N-dealkylation sites (N-methyl/N-ethyl adjacent to an activating group) is 1. The Hall–Kier alpha value is -4.58. The first kappa shape index (κ1) is 55.0. The number of nitrogens with one attached hydrogen (secondary N) is 3. The van der Waals surface area contributed by atoms with E-state index < -0.39 is 132 Å². The molecule has 3 heterocycles. The second-order valence-electron chi connectivity index (χ2n) is 16.5. The van der Waals surface area contributed by atoms with Gasteiger partial charge in [-0.15, -0.1) is 23.2 Å². The number of nitrogens with two attached hydrogens (primary N) is 3. The van der Waals surface area contributed by atoms with Crippen LogP contribution in [0.2, 0.25) is 0 Å². The van der Waals surface area contributed by atoms with Gasteiger partial charge in [-0.1, -0.05) is 12.1 Å². The van der Waals surface area contributed by atoms with Crippen molar-refractivity contribution in [2.75, 3.05) is 13.7 Å². The summed E-state index contributed by atoms with van der Waals surface area (Å²) in [6.45, 7) is 3.63. The third kappa shape index (κ3) is 13.1. The lowest BCUT2D eigenvalue weighted by molar-refractivity contribution is -0.314. The molecule has 27 heteroatoms. The first-order chi connectivity index (χ1) is 31.2. The highest BCUT2D eigenvalue weighted by Crippen LogP contribution is 2.59. The number of halogens is 2. The molecule has 0 amide bonds. The number of carboxylic acids is 2. The molecule has 4 fully saturated rings. The molecule has 1 aromatic heterocycles. The Morgan fingerprint density at radius 3 is 2.06 bits per heavy atom. The highest BCUT2D eigenvalue weighted by Gasteiger charge is 2.61. The fourth-order valence-electron chi connectivity index (χ4n) is 7.30. The van der Waals surface area contributed by atoms with Crippen molar-refractivity contribution in [3.63, 3.8) is 0 Å². The predicted molar refractivity (Wildman–Crippen MR) is 234 cm³/mol. The standard InChI is InChI=1S/C21H39N7O12.C13H14Cl2O3.C6H5NO2/c1-5-21(36,4-30)16(40-17-9(26-2)13(34)10(31)6(3-29)38-17)18(37-5)39-15-8(28-20(24)25)11(32)7(27-19(22)23)12(33)14(15)35;1-12(2,11(16)17)18-9-5-3-8(4-6-9)10-7-13(10,14)15;8-6(9)5-2-1-3-7-4-5/h4-18,26,29,31-36H,3H2,1-2H3,(H4,22,23,27)(H4,24,25,28);3-6,10H,7H2,1-2H3,(H,16,17);1-4H,(H,8,9)/t5-,6-,7+,8-,9-,10-,11+,12-,13-,14+,15+,16-,17-,18-,21+;;/m0../s1. The number of rotatable bonds is 14. The summed E-state index contributed by atoms with van der Waals surface area (Å²) in [6, 6.07) is 6.27. The average Bonchev–Trinajstić information content (AvgIpc) is 3.85. The first-order valence-electron chi connectivity index (χ1n) is 20.5. The number of aldehydes is 1. The molecule has 0 spiro atoms. The maximum Gasteiger partial charge on any atom is 0.347 e. The van der Waals surface area contributed by atoms with E-state index in [9.17, 15) is 50.1 Å². The monoisotopic (exact) mass is 992 g/mol. The van der Waals surface area contributed by atoms with Gasteiger partial charge in [0.2, 0.25) is 0 Å². The highest BCUT2D eigenvalue weighted by molar-refractivity contribution is 6.51. The molecule has 374 valence electrons. The van der Waals surface area contributed by atoms with E-state index in [-0.39, 0.29) is 17.8 Å². The fourth-order valence-corrected chi connectivity index (χ4v) is 7.86. The van der Waals surface area contributed by atoms with Crippen LogP contribution in [0.1, 0.15) is 49.0 Å². The summed E-state index contributed by atoms with van der Waals surface area (Å²) in [7, 11) is 1.42. The number of aliphatic hydroxyl groups excluding tert-OH is 6. The van der Waals surface area contributed by atoms with Gasteiger partial charge in [-0.3, -0.25) is 15.2 Å². The summed E-state index contributed by atoms with van der Waals surface area (Å²) in [6.07, 6.45) is -13.7. The second kappa shape index (κ2) is 22.7. The zero-order valence-corrected chi connectivity index (χ0v) is 38.0. The molecule has 0 radical (unpaired) electrons. The molecule has 2 aliphatic carbocycles. The molecule has 2 aliphatic heterocycles. The fraction of sp³-hybridized carbons (Fsp3) is 0.600. The zero-order chi connectivity index (χ0) is 50.3. The molecule has 2 saturated heterocycles. The number of aliphatic carboxylic acids is 1. The van der Waals surface area contributed by atoms with E-state index in [1.165, 1.54) is 46.3 Å². The Balaban J connectivity index is 0.000000294. The van der Waals surface area contributed by atoms with Crippen LogP contribution in [0.4, 0.5) is 0 Å². The number of aromatic nitrogens is 1. The van der Waals surface area contributed by atoms with E-state index in [1.807, 2.05) is 12.1 Å². The van der Waals surface area contributed by atoms with E-state index in [2.05, 4.69) is 20.6 Å². The second-order valence-corrected chi connectivity index (χ2v) is 18.0. The molecule has 16 atom stereocenters. The van der Waals surface area contributed by atoms with E-state index in [0.717, 1.165) is 12.0 Å². The minimum absolute atomic E-state index is 0.138. The first-order valence-corrected chi connectivity index (χ1v) is 21.2. The van der Waals surface area contributed by atoms with Crippen LogP contribution in [0.5, 0.6) is 5.75 Å². The molecule has 2 aromatic rings. The number of alkyl halides is 2. The lowest BCUT2D eigenvalue weighted by atomic mass is 9.81. The molecular formula is C40H58Cl2N8O17. The Morgan fingerprint density at radius 2 is 1.60 bits per heavy atom. The summed E-state index contributed by atoms with van der Waals surface area (Å²) in [5, 5.41) is 104. The molecule has 6 rings (SSSR count). The van der Waals surface area contributed by atoms with Crippen LogP contribution in [0.25, 0.3) is 0 Å². The van der Waals surface area contributed by atoms with Crippen LogP contribution in [-0.4, -0.2) is 196 Å². The minimum Gasteiger partial charge on any atom is -0.478 e. The highest BCUT2D eigenvalue weighted by atomic mass is 35.5. The Bertz CT molecular complexity index is 2030. The Labute approximate surface area is 393 Å². The quantitative estimate of drug-likeness (QED) is 0.0377. The number of hydrogen-bond acceptors (Lipinski definition) is 19. The minimum atomic E-state index is -2.39. The lowest BCUT2D eigenvalue weighted by Crippen LogP contribution is -2.70. The van der Waals surface area contributed by atoms with E-state index in [4.69, 9.17) is 79.7 Å². The predicted octanol–water partition coefficient (Wildman–Crippen LogP) is -3.58. The normalized spacial score (nSPS) is 35.3. The van der Waals surface area contributed by atoms with Gasteiger partial charge in [-0.2, -0.15) is 0 Å². The van der Waals surface area contributed by atoms with Crippen molar-refractivity contribution in [2.24, 2.45) is 22.2 Å². The number of carbonyl (C=O) groups is 3. The van der Waals surface area contributed by atoms with Gasteiger partial charge in [0.25, 0.3) is 0 Å². The number of nitrogens with zero attached hydrogens (tertiary/aromatic N) is 2. The van der Waals surface area contributed by atoms with Crippen molar-refractivity contribution >= 4 is 53.3 Å². The SMILES string of the molecule is CC(C)(Oc1ccc(C2CC2(Cl)Cl)cc1)C(=O)O.CN[C@@H]1[C@H](O[C@H]2[C@H](O[C@H]3[C@H](O)[C@@H](O)[C@H](N=C(N)N)[C@@H](O)[C@@H]3NC(=N)N)O[C@@H](C)[C@]2(O)C=O)O[C@@H](CO)[C@H](O)[C@H]1O.O=C(O)c1cccnc1. The molecule has 67 heavy (non-hydrogen) atoms. The number of aromatic carboxylic acids is 1. The van der Waals surface area contributed by atoms with E-state index in [1.54, 1.807) is 18.2 Å². The van der Waals surface area contributed by atoms with Crippen molar-refractivity contribution in [1.82, 2.24) is 15.6 Å². The molecule has 25 nitrogen and oxygen atoms in total. The van der Waals surface area contributed by atoms with Crippen LogP contribution in [0.3, 0.4) is 0 Å². The van der Waals surface area contributed by atoms with E-state index >= 15 is 0 Å². The molecule has 0 bridgehead atoms. The molecule has 2 saturated carbocycles. The van der Waals surface area contributed by atoms with Crippen LogP contribution in [0.15, 0.2) is 53.8 Å². The van der Waals surface area contributed by atoms with Gasteiger partial charge >= 0.3 is 11.9 Å². The average molecular weight is 994 g/mol. The molecule has 4 aliphatic rings. The van der Waals surface area contributed by atoms with Gasteiger partial charge < -0.3 is 97.5 Å². The van der Waals surface area contributed by atoms with Crippen LogP contribution >= 0.6 is 23.2 Å². The van der Waals surface area contributed by atoms with Crippen LogP contribution < -0.4 is 32.6 Å². The summed E-state index contributed by atoms with van der Waals surface area (Å²) in [5.74, 6) is -2.44. The Morgan fingerprint density at radius 1 is 0.970 bits per heavy atom. The molecule has 18 N–H and O–H groups in total. The maximum absolute atomic E-state index is 12.1. The summed E-state index contributed by atoms with van der Waals surface area (Å²) in [5.41, 5.74) is 13.8. The number of hydrogen-bond donors (Lipinski definition) is 15. The molecular weight excluding hydrogens is 935 g/mol. The summed E-state index contributed by atoms with van der Waals surface area (Å²) >= 11 is 12.0. The van der Waals surface area contributed by atoms with Gasteiger partial charge in [0.05, 0.1) is 30.4 Å². The molecule has 1 unspecified atom stereocenters. The number of guanidine groups is 2. The summed E-state index contributed by atoms with van der Waals surface area (Å²) < 4.78 is 27.7. The van der Waals surface area contributed by atoms with Gasteiger partial charge in [0.15, 0.2) is 42.0 Å². The van der Waals surface area contributed by atoms with Crippen molar-refractivity contribution in [1.29, 1.82) is 5.41 Å². The largest absolute Gasteiger partial charge is 0.478 e. The zero-order valence-electron chi connectivity index (χ0n) is 36.4. The number of carbonyl (C=O) groups excluding carboxylic acids is 1. The van der Waals surface area contributed by atoms with Gasteiger partial charge in [0, 0.05) is 18.3 Å². The van der Waals surface area contributed by atoms with Crippen molar-refractivity contribution in [2.45, 2.75) is 134 Å². The smallest absolute Gasteiger partial charge is 0.347 e. The summed E-state index contributed by atoms with van der Waals surface area (Å²) in [4.78, 5) is 40.5. The maximum atomic E-state index is 12.1. The Kier molecular flexibility index (Phi) is 18.6. The van der Waals surface area contributed by atoms with Crippen LogP contribution in [0, 0.1) is 5.41 Å². The third-order valence-electron chi connectivity index (χ3n) is 11.3. The molecule has 1 aromatic carbocycles. The van der Waals surface area contributed by atoms with Crippen molar-refractivity contribution in [3.05, 3.63) is 59.9 Å². The van der Waals surface area contributed by atoms with Gasteiger partial charge in [0.1, 0.15) is 65.0 Å². The topological polar surface area (TPSA) is 431 Å². The number of aliphatic hydroxyl groups is 7. The lowest BCUT2D eigenvalue weighted by Gasteiger charge is -2.46.